The van der Waals surface area contributed by atoms with Crippen LogP contribution in [-0.4, -0.2) is 35.9 Å². The number of benzene rings is 2. The summed E-state index contributed by atoms with van der Waals surface area (Å²) in [5, 5.41) is 13.8. The van der Waals surface area contributed by atoms with E-state index in [0.717, 1.165) is 28.6 Å². The molecule has 0 spiro atoms. The average Bonchev–Trinajstić information content (AvgIpc) is 3.53. The third kappa shape index (κ3) is 4.95. The molecule has 0 saturated heterocycles. The molecule has 1 atom stereocenters. The molecular formula is C27H24N6O3. The first-order chi connectivity index (χ1) is 17.5. The molecule has 3 heterocycles. The van der Waals surface area contributed by atoms with Gasteiger partial charge in [-0.2, -0.15) is 0 Å². The minimum atomic E-state index is -0.413. The summed E-state index contributed by atoms with van der Waals surface area (Å²) >= 11 is 0. The number of aromatic hydroxyl groups is 1. The van der Waals surface area contributed by atoms with Crippen molar-refractivity contribution < 1.29 is 9.90 Å². The highest BCUT2D eigenvalue weighted by Crippen LogP contribution is 2.30. The van der Waals surface area contributed by atoms with E-state index in [4.69, 9.17) is 4.98 Å². The molecule has 9 nitrogen and oxygen atoms in total. The van der Waals surface area contributed by atoms with Crippen LogP contribution in [-0.2, 0) is 11.2 Å². The Kier molecular flexibility index (Phi) is 6.19. The minimum absolute atomic E-state index is 0.0951. The number of H-pyrrole nitrogens is 3. The molecule has 9 heteroatoms. The molecule has 1 amide bonds. The highest BCUT2D eigenvalue weighted by molar-refractivity contribution is 5.92. The number of amides is 1. The van der Waals surface area contributed by atoms with Crippen molar-refractivity contribution in [1.82, 2.24) is 30.2 Å². The third-order valence-electron chi connectivity index (χ3n) is 5.86. The Morgan fingerprint density at radius 3 is 2.75 bits per heavy atom. The van der Waals surface area contributed by atoms with Crippen LogP contribution in [0.3, 0.4) is 0 Å². The van der Waals surface area contributed by atoms with Crippen molar-refractivity contribution in [2.24, 2.45) is 0 Å². The number of aryl methyl sites for hydroxylation is 1. The summed E-state index contributed by atoms with van der Waals surface area (Å²) in [6.45, 7) is 1.91. The lowest BCUT2D eigenvalue weighted by Gasteiger charge is -2.16. The Hall–Kier alpha value is -4.92. The van der Waals surface area contributed by atoms with Gasteiger partial charge in [0.15, 0.2) is 0 Å². The van der Waals surface area contributed by atoms with Crippen LogP contribution in [0.5, 0.6) is 5.75 Å². The van der Waals surface area contributed by atoms with Crippen molar-refractivity contribution in [3.63, 3.8) is 0 Å². The van der Waals surface area contributed by atoms with E-state index in [-0.39, 0.29) is 17.2 Å². The van der Waals surface area contributed by atoms with E-state index in [0.29, 0.717) is 28.8 Å². The maximum atomic E-state index is 12.8. The number of carbonyl (C=O) groups excluding carboxylic acids is 1. The molecule has 2 aromatic carbocycles. The SMILES string of the molecule is Cc1[nH]c([C@H](Cc2ccccc2)NC(=O)/C=C/c2cnc[nH]2)nc1-c1ccc2[nH]c(=O)cc(O)c2c1. The second-order valence-electron chi connectivity index (χ2n) is 8.47. The molecule has 0 unspecified atom stereocenters. The molecule has 5 N–H and O–H groups in total. The van der Waals surface area contributed by atoms with E-state index in [1.165, 1.54) is 6.08 Å². The quantitative estimate of drug-likeness (QED) is 0.226. The maximum Gasteiger partial charge on any atom is 0.252 e. The van der Waals surface area contributed by atoms with Crippen molar-refractivity contribution in [1.29, 1.82) is 0 Å². The van der Waals surface area contributed by atoms with Crippen LogP contribution < -0.4 is 10.9 Å². The Morgan fingerprint density at radius 2 is 1.97 bits per heavy atom. The summed E-state index contributed by atoms with van der Waals surface area (Å²) in [6.07, 6.45) is 6.83. The standard InChI is InChI=1S/C27H24N6O3/c1-16-26(18-7-9-21-20(12-18)23(34)13-25(36)31-21)33-27(30-16)22(11-17-5-3-2-4-6-17)32-24(35)10-8-19-14-28-15-29-19/h2-10,12-15,22H,11H2,1H3,(H,28,29)(H,30,33)(H,32,35)(H2,31,34,36)/b10-8+/t22-/m0/s1. The molecule has 180 valence electrons. The molecule has 0 aliphatic carbocycles. The smallest absolute Gasteiger partial charge is 0.252 e. The number of aromatic nitrogens is 5. The van der Waals surface area contributed by atoms with Gasteiger partial charge in [0.25, 0.3) is 5.56 Å². The van der Waals surface area contributed by atoms with Gasteiger partial charge in [0.1, 0.15) is 11.6 Å². The summed E-state index contributed by atoms with van der Waals surface area (Å²) < 4.78 is 0. The molecular weight excluding hydrogens is 456 g/mol. The predicted molar refractivity (Wildman–Crippen MR) is 137 cm³/mol. The van der Waals surface area contributed by atoms with Gasteiger partial charge in [-0.05, 0) is 37.1 Å². The van der Waals surface area contributed by atoms with Crippen molar-refractivity contribution in [2.45, 2.75) is 19.4 Å². The minimum Gasteiger partial charge on any atom is -0.507 e. The molecule has 0 saturated carbocycles. The zero-order valence-electron chi connectivity index (χ0n) is 19.4. The van der Waals surface area contributed by atoms with Crippen molar-refractivity contribution >= 4 is 22.9 Å². The fourth-order valence-electron chi connectivity index (χ4n) is 4.12. The van der Waals surface area contributed by atoms with Gasteiger partial charge in [0, 0.05) is 28.8 Å². The van der Waals surface area contributed by atoms with Gasteiger partial charge in [-0.15, -0.1) is 0 Å². The number of aromatic amines is 3. The predicted octanol–water partition coefficient (Wildman–Crippen LogP) is 3.77. The first kappa shape index (κ1) is 22.9. The Balaban J connectivity index is 1.47. The molecule has 5 aromatic rings. The zero-order valence-corrected chi connectivity index (χ0v) is 19.4. The van der Waals surface area contributed by atoms with Gasteiger partial charge in [0.05, 0.1) is 35.5 Å². The van der Waals surface area contributed by atoms with E-state index < -0.39 is 6.04 Å². The largest absolute Gasteiger partial charge is 0.507 e. The Labute approximate surface area is 206 Å². The lowest BCUT2D eigenvalue weighted by Crippen LogP contribution is -2.29. The molecule has 0 bridgehead atoms. The van der Waals surface area contributed by atoms with E-state index in [9.17, 15) is 14.7 Å². The van der Waals surface area contributed by atoms with Crippen LogP contribution in [0.25, 0.3) is 28.2 Å². The number of fused-ring (bicyclic) bond motifs is 1. The molecule has 0 aliphatic heterocycles. The van der Waals surface area contributed by atoms with Crippen LogP contribution in [0.1, 0.15) is 28.8 Å². The number of hydrogen-bond donors (Lipinski definition) is 5. The normalized spacial score (nSPS) is 12.2. The fraction of sp³-hybridized carbons (Fsp3) is 0.111. The van der Waals surface area contributed by atoms with Gasteiger partial charge in [-0.1, -0.05) is 36.4 Å². The lowest BCUT2D eigenvalue weighted by atomic mass is 10.1. The van der Waals surface area contributed by atoms with Gasteiger partial charge in [0.2, 0.25) is 5.91 Å². The Morgan fingerprint density at radius 1 is 1.14 bits per heavy atom. The van der Waals surface area contributed by atoms with E-state index >= 15 is 0 Å². The molecule has 3 aromatic heterocycles. The van der Waals surface area contributed by atoms with Crippen molar-refractivity contribution in [3.05, 3.63) is 106 Å². The molecule has 0 radical (unpaired) electrons. The van der Waals surface area contributed by atoms with E-state index in [1.54, 1.807) is 30.7 Å². The topological polar surface area (TPSA) is 140 Å². The summed E-state index contributed by atoms with van der Waals surface area (Å²) in [7, 11) is 0. The molecule has 0 aliphatic rings. The van der Waals surface area contributed by atoms with Gasteiger partial charge >= 0.3 is 0 Å². The van der Waals surface area contributed by atoms with Gasteiger partial charge in [-0.3, -0.25) is 9.59 Å². The number of nitrogens with one attached hydrogen (secondary N) is 4. The lowest BCUT2D eigenvalue weighted by molar-refractivity contribution is -0.117. The highest BCUT2D eigenvalue weighted by atomic mass is 16.3. The number of rotatable bonds is 7. The number of hydrogen-bond acceptors (Lipinski definition) is 5. The van der Waals surface area contributed by atoms with Crippen LogP contribution in [0, 0.1) is 6.92 Å². The summed E-state index contributed by atoms with van der Waals surface area (Å²) in [4.78, 5) is 42.2. The first-order valence-electron chi connectivity index (χ1n) is 11.4. The molecule has 0 fully saturated rings. The van der Waals surface area contributed by atoms with Crippen LogP contribution >= 0.6 is 0 Å². The monoisotopic (exact) mass is 480 g/mol. The number of pyridine rings is 1. The van der Waals surface area contributed by atoms with E-state index in [1.807, 2.05) is 43.3 Å². The average molecular weight is 481 g/mol. The number of carbonyl (C=O) groups is 1. The molecule has 36 heavy (non-hydrogen) atoms. The molecule has 5 rings (SSSR count). The number of imidazole rings is 2. The van der Waals surface area contributed by atoms with Gasteiger partial charge in [-0.25, -0.2) is 9.97 Å². The Bertz CT molecular complexity index is 1600. The van der Waals surface area contributed by atoms with E-state index in [2.05, 4.69) is 25.3 Å². The zero-order chi connectivity index (χ0) is 25.1. The first-order valence-corrected chi connectivity index (χ1v) is 11.4. The third-order valence-corrected chi connectivity index (χ3v) is 5.86. The number of nitrogens with zero attached hydrogens (tertiary/aromatic N) is 2. The summed E-state index contributed by atoms with van der Waals surface area (Å²) in [6, 6.07) is 16.0. The maximum absolute atomic E-state index is 12.8. The highest BCUT2D eigenvalue weighted by Gasteiger charge is 2.20. The summed E-state index contributed by atoms with van der Waals surface area (Å²) in [5.74, 6) is 0.253. The van der Waals surface area contributed by atoms with Crippen molar-refractivity contribution in [2.75, 3.05) is 0 Å². The van der Waals surface area contributed by atoms with Gasteiger partial charge < -0.3 is 25.4 Å². The fourth-order valence-corrected chi connectivity index (χ4v) is 4.12. The van der Waals surface area contributed by atoms with Crippen molar-refractivity contribution in [3.8, 4) is 17.0 Å². The van der Waals surface area contributed by atoms with Crippen LogP contribution in [0.4, 0.5) is 0 Å². The second kappa shape index (κ2) is 9.75. The van der Waals surface area contributed by atoms with Crippen LogP contribution in [0.2, 0.25) is 0 Å². The second-order valence-corrected chi connectivity index (χ2v) is 8.47. The summed E-state index contributed by atoms with van der Waals surface area (Å²) in [5.41, 5.74) is 4.22. The van der Waals surface area contributed by atoms with Crippen LogP contribution in [0.15, 0.2) is 78.0 Å².